The lowest BCUT2D eigenvalue weighted by molar-refractivity contribution is -0.384. The molecular formula is C16H13N5O3S. The Morgan fingerprint density at radius 3 is 2.68 bits per heavy atom. The van der Waals surface area contributed by atoms with E-state index in [-0.39, 0.29) is 17.2 Å². The zero-order chi connectivity index (χ0) is 17.8. The van der Waals surface area contributed by atoms with Crippen molar-refractivity contribution in [2.24, 2.45) is 0 Å². The van der Waals surface area contributed by atoms with Gasteiger partial charge in [-0.1, -0.05) is 23.9 Å². The normalized spacial score (nSPS) is 10.6. The molecule has 3 aromatic rings. The lowest BCUT2D eigenvalue weighted by atomic mass is 10.1. The first kappa shape index (κ1) is 16.8. The van der Waals surface area contributed by atoms with Crippen molar-refractivity contribution < 1.29 is 9.72 Å². The third-order valence-electron chi connectivity index (χ3n) is 3.42. The summed E-state index contributed by atoms with van der Waals surface area (Å²) in [6, 6.07) is 13.2. The van der Waals surface area contributed by atoms with E-state index >= 15 is 0 Å². The van der Waals surface area contributed by atoms with Crippen LogP contribution in [0.2, 0.25) is 0 Å². The van der Waals surface area contributed by atoms with Gasteiger partial charge < -0.3 is 0 Å². The predicted octanol–water partition coefficient (Wildman–Crippen LogP) is 2.85. The van der Waals surface area contributed by atoms with Gasteiger partial charge in [-0.15, -0.1) is 5.10 Å². The number of hydrogen-bond donors (Lipinski definition) is 0. The van der Waals surface area contributed by atoms with Crippen molar-refractivity contribution >= 4 is 23.2 Å². The van der Waals surface area contributed by atoms with Crippen molar-refractivity contribution in [1.29, 1.82) is 0 Å². The maximum atomic E-state index is 12.3. The quantitative estimate of drug-likeness (QED) is 0.290. The molecule has 3 rings (SSSR count). The monoisotopic (exact) mass is 355 g/mol. The van der Waals surface area contributed by atoms with E-state index in [0.717, 1.165) is 11.3 Å². The Morgan fingerprint density at radius 1 is 1.24 bits per heavy atom. The Bertz CT molecular complexity index is 924. The van der Waals surface area contributed by atoms with Crippen molar-refractivity contribution in [3.05, 3.63) is 69.8 Å². The summed E-state index contributed by atoms with van der Waals surface area (Å²) in [7, 11) is 0. The minimum Gasteiger partial charge on any atom is -0.293 e. The Hall–Kier alpha value is -3.07. The highest BCUT2D eigenvalue weighted by molar-refractivity contribution is 7.99. The summed E-state index contributed by atoms with van der Waals surface area (Å²) in [5, 5.41) is 22.7. The van der Waals surface area contributed by atoms with Crippen molar-refractivity contribution in [2.45, 2.75) is 12.1 Å². The number of thioether (sulfide) groups is 1. The second kappa shape index (κ2) is 7.22. The fourth-order valence-corrected chi connectivity index (χ4v) is 2.96. The molecule has 1 aromatic heterocycles. The van der Waals surface area contributed by atoms with Gasteiger partial charge in [0.1, 0.15) is 0 Å². The zero-order valence-electron chi connectivity index (χ0n) is 13.2. The number of carbonyl (C=O) groups excluding carboxylic acids is 1. The number of nitrogens with zero attached hydrogens (tertiary/aromatic N) is 5. The molecule has 0 spiro atoms. The van der Waals surface area contributed by atoms with E-state index in [2.05, 4.69) is 15.5 Å². The van der Waals surface area contributed by atoms with Gasteiger partial charge in [-0.25, -0.2) is 0 Å². The summed E-state index contributed by atoms with van der Waals surface area (Å²) in [6.45, 7) is 1.97. The second-order valence-corrected chi connectivity index (χ2v) is 6.17. The third kappa shape index (κ3) is 3.89. The highest BCUT2D eigenvalue weighted by Crippen LogP contribution is 2.20. The van der Waals surface area contributed by atoms with Gasteiger partial charge in [-0.2, -0.15) is 4.68 Å². The molecule has 9 heteroatoms. The maximum absolute atomic E-state index is 12.3. The Kier molecular flexibility index (Phi) is 4.85. The molecule has 0 saturated heterocycles. The molecule has 0 fully saturated rings. The molecule has 0 unspecified atom stereocenters. The van der Waals surface area contributed by atoms with E-state index in [1.807, 2.05) is 31.2 Å². The lowest BCUT2D eigenvalue weighted by Gasteiger charge is -2.05. The van der Waals surface area contributed by atoms with Crippen LogP contribution < -0.4 is 0 Å². The maximum Gasteiger partial charge on any atom is 0.269 e. The molecule has 2 aromatic carbocycles. The van der Waals surface area contributed by atoms with Crippen LogP contribution in [0.25, 0.3) is 5.69 Å². The largest absolute Gasteiger partial charge is 0.293 e. The Morgan fingerprint density at radius 2 is 2.00 bits per heavy atom. The minimum absolute atomic E-state index is 0.0485. The number of Topliss-reactive ketones (excluding diaryl/α,β-unsaturated/α-hetero) is 1. The van der Waals surface area contributed by atoms with Gasteiger partial charge >= 0.3 is 0 Å². The summed E-state index contributed by atoms with van der Waals surface area (Å²) >= 11 is 1.21. The summed E-state index contributed by atoms with van der Waals surface area (Å²) in [5.74, 6) is -0.0250. The van der Waals surface area contributed by atoms with E-state index in [1.165, 1.54) is 36.0 Å². The van der Waals surface area contributed by atoms with Crippen molar-refractivity contribution in [3.8, 4) is 5.69 Å². The van der Waals surface area contributed by atoms with E-state index in [9.17, 15) is 14.9 Å². The highest BCUT2D eigenvalue weighted by atomic mass is 32.2. The molecule has 0 saturated carbocycles. The molecule has 0 aliphatic heterocycles. The number of ketones is 1. The number of aromatic nitrogens is 4. The average molecular weight is 355 g/mol. The van der Waals surface area contributed by atoms with E-state index in [4.69, 9.17) is 0 Å². The molecule has 0 amide bonds. The summed E-state index contributed by atoms with van der Waals surface area (Å²) in [5.41, 5.74) is 2.25. The number of hydrogen-bond acceptors (Lipinski definition) is 7. The van der Waals surface area contributed by atoms with Crippen molar-refractivity contribution in [2.75, 3.05) is 5.75 Å². The van der Waals surface area contributed by atoms with Crippen molar-refractivity contribution in [3.63, 3.8) is 0 Å². The number of tetrazole rings is 1. The summed E-state index contributed by atoms with van der Waals surface area (Å²) in [4.78, 5) is 22.4. The molecule has 0 bridgehead atoms. The molecule has 0 aliphatic rings. The number of benzene rings is 2. The van der Waals surface area contributed by atoms with Gasteiger partial charge in [-0.05, 0) is 47.2 Å². The van der Waals surface area contributed by atoms with E-state index in [0.29, 0.717) is 10.7 Å². The minimum atomic E-state index is -0.501. The van der Waals surface area contributed by atoms with Gasteiger partial charge in [0.2, 0.25) is 5.16 Å². The molecule has 8 nitrogen and oxygen atoms in total. The summed E-state index contributed by atoms with van der Waals surface area (Å²) < 4.78 is 1.57. The van der Waals surface area contributed by atoms with Gasteiger partial charge in [0.15, 0.2) is 5.78 Å². The molecule has 126 valence electrons. The van der Waals surface area contributed by atoms with Crippen LogP contribution in [0.15, 0.2) is 53.7 Å². The number of carbonyl (C=O) groups is 1. The van der Waals surface area contributed by atoms with Gasteiger partial charge in [0, 0.05) is 17.7 Å². The highest BCUT2D eigenvalue weighted by Gasteiger charge is 2.14. The number of nitro benzene ring substituents is 1. The third-order valence-corrected chi connectivity index (χ3v) is 4.34. The number of nitro groups is 1. The van der Waals surface area contributed by atoms with Gasteiger partial charge in [0.05, 0.1) is 16.4 Å². The Balaban J connectivity index is 1.71. The van der Waals surface area contributed by atoms with Crippen LogP contribution in [0, 0.1) is 17.0 Å². The topological polar surface area (TPSA) is 104 Å². The zero-order valence-corrected chi connectivity index (χ0v) is 14.0. The van der Waals surface area contributed by atoms with Crippen molar-refractivity contribution in [1.82, 2.24) is 20.2 Å². The van der Waals surface area contributed by atoms with Gasteiger partial charge in [0.25, 0.3) is 5.69 Å². The fourth-order valence-electron chi connectivity index (χ4n) is 2.17. The standard InChI is InChI=1S/C16H13N5O3S/c1-11-3-2-4-14(9-11)20-16(17-18-19-20)25-10-15(22)12-5-7-13(8-6-12)21(23)24/h2-9H,10H2,1H3. The van der Waals surface area contributed by atoms with Crippen LogP contribution in [0.1, 0.15) is 15.9 Å². The second-order valence-electron chi connectivity index (χ2n) is 5.23. The van der Waals surface area contributed by atoms with E-state index < -0.39 is 4.92 Å². The Labute approximate surface area is 147 Å². The van der Waals surface area contributed by atoms with Crippen LogP contribution >= 0.6 is 11.8 Å². The van der Waals surface area contributed by atoms with Gasteiger partial charge in [-0.3, -0.25) is 14.9 Å². The SMILES string of the molecule is Cc1cccc(-n2nnnc2SCC(=O)c2ccc([N+](=O)[O-])cc2)c1. The summed E-state index contributed by atoms with van der Waals surface area (Å²) in [6.07, 6.45) is 0. The molecule has 0 N–H and O–H groups in total. The van der Waals surface area contributed by atoms with Crippen LogP contribution in [0.3, 0.4) is 0 Å². The molecule has 25 heavy (non-hydrogen) atoms. The lowest BCUT2D eigenvalue weighted by Crippen LogP contribution is -2.05. The fraction of sp³-hybridized carbons (Fsp3) is 0.125. The molecule has 1 heterocycles. The van der Waals surface area contributed by atoms with Crippen LogP contribution in [0.4, 0.5) is 5.69 Å². The van der Waals surface area contributed by atoms with E-state index in [1.54, 1.807) is 4.68 Å². The molecule has 0 aliphatic carbocycles. The number of rotatable bonds is 6. The van der Waals surface area contributed by atoms with Crippen LogP contribution in [-0.2, 0) is 0 Å². The predicted molar refractivity (Wildman–Crippen MR) is 92.0 cm³/mol. The first-order valence-corrected chi connectivity index (χ1v) is 8.29. The first-order valence-electron chi connectivity index (χ1n) is 7.30. The number of non-ortho nitro benzene ring substituents is 1. The molecule has 0 radical (unpaired) electrons. The average Bonchev–Trinajstić information content (AvgIpc) is 3.08. The molecular weight excluding hydrogens is 342 g/mol. The molecule has 0 atom stereocenters. The first-order chi connectivity index (χ1) is 12.0. The van der Waals surface area contributed by atoms with Crippen LogP contribution in [0.5, 0.6) is 0 Å². The van der Waals surface area contributed by atoms with Crippen LogP contribution in [-0.4, -0.2) is 36.7 Å². The number of aryl methyl sites for hydroxylation is 1. The smallest absolute Gasteiger partial charge is 0.269 e.